The van der Waals surface area contributed by atoms with Crippen LogP contribution in [0.3, 0.4) is 0 Å². The Kier molecular flexibility index (Phi) is 6.75. The molecule has 0 saturated carbocycles. The lowest BCUT2D eigenvalue weighted by molar-refractivity contribution is 0.0899. The quantitative estimate of drug-likeness (QED) is 0.762. The molecule has 114 valence electrons. The number of hydrogen-bond acceptors (Lipinski definition) is 4. The molecule has 0 aliphatic heterocycles. The molecule has 0 bridgehead atoms. The van der Waals surface area contributed by atoms with E-state index in [4.69, 9.17) is 10.2 Å². The second-order valence-electron chi connectivity index (χ2n) is 5.29. The lowest BCUT2D eigenvalue weighted by Crippen LogP contribution is -2.44. The Morgan fingerprint density at radius 3 is 2.45 bits per heavy atom. The fourth-order valence-corrected chi connectivity index (χ4v) is 2.50. The minimum Gasteiger partial charge on any atom is -0.455 e. The van der Waals surface area contributed by atoms with Gasteiger partial charge in [-0.05, 0) is 32.1 Å². The second kappa shape index (κ2) is 8.07. The predicted molar refractivity (Wildman–Crippen MR) is 80.5 cm³/mol. The Morgan fingerprint density at radius 1 is 1.35 bits per heavy atom. The van der Waals surface area contributed by atoms with Crippen molar-refractivity contribution in [1.82, 2.24) is 10.2 Å². The third-order valence-corrected chi connectivity index (χ3v) is 3.81. The van der Waals surface area contributed by atoms with Gasteiger partial charge in [-0.15, -0.1) is 0 Å². The van der Waals surface area contributed by atoms with Gasteiger partial charge in [0, 0.05) is 12.6 Å². The highest BCUT2D eigenvalue weighted by Crippen LogP contribution is 2.16. The molecule has 0 fully saturated rings. The molecule has 1 atom stereocenters. The molecular weight excluding hydrogens is 254 g/mol. The summed E-state index contributed by atoms with van der Waals surface area (Å²) in [7, 11) is 4.10. The topological polar surface area (TPSA) is 71.5 Å². The van der Waals surface area contributed by atoms with Crippen LogP contribution in [-0.2, 0) is 6.54 Å². The highest BCUT2D eigenvalue weighted by atomic mass is 16.4. The summed E-state index contributed by atoms with van der Waals surface area (Å²) in [4.78, 5) is 14.2. The molecule has 1 aromatic heterocycles. The standard InChI is InChI=1S/C15H27N3O2/c1-5-11(6-2)13(18(3)4)10-17-15(19)14-8-7-12(9-16)20-14/h7-8,11,13H,5-6,9-10,16H2,1-4H3,(H,17,19). The van der Waals surface area contributed by atoms with E-state index < -0.39 is 0 Å². The normalized spacial score (nSPS) is 12.9. The van der Waals surface area contributed by atoms with Crippen molar-refractivity contribution in [3.05, 3.63) is 23.7 Å². The van der Waals surface area contributed by atoms with Crippen molar-refractivity contribution in [2.24, 2.45) is 11.7 Å². The molecule has 0 spiro atoms. The zero-order chi connectivity index (χ0) is 15.1. The highest BCUT2D eigenvalue weighted by Gasteiger charge is 2.22. The number of rotatable bonds is 8. The molecular formula is C15H27N3O2. The SMILES string of the molecule is CCC(CC)C(CNC(=O)c1ccc(CN)o1)N(C)C. The van der Waals surface area contributed by atoms with Gasteiger partial charge in [0.15, 0.2) is 5.76 Å². The maximum absolute atomic E-state index is 12.0. The maximum Gasteiger partial charge on any atom is 0.287 e. The van der Waals surface area contributed by atoms with E-state index in [1.807, 2.05) is 0 Å². The molecule has 0 aromatic carbocycles. The molecule has 0 aliphatic carbocycles. The van der Waals surface area contributed by atoms with Crippen LogP contribution in [-0.4, -0.2) is 37.5 Å². The number of amides is 1. The number of carbonyl (C=O) groups excluding carboxylic acids is 1. The number of furan rings is 1. The van der Waals surface area contributed by atoms with Crippen molar-refractivity contribution in [3.8, 4) is 0 Å². The fraction of sp³-hybridized carbons (Fsp3) is 0.667. The van der Waals surface area contributed by atoms with Gasteiger partial charge in [-0.2, -0.15) is 0 Å². The van der Waals surface area contributed by atoms with E-state index in [-0.39, 0.29) is 5.91 Å². The van der Waals surface area contributed by atoms with Crippen molar-refractivity contribution in [2.45, 2.75) is 39.3 Å². The Bertz CT molecular complexity index is 411. The second-order valence-corrected chi connectivity index (χ2v) is 5.29. The number of nitrogens with zero attached hydrogens (tertiary/aromatic N) is 1. The van der Waals surface area contributed by atoms with Gasteiger partial charge in [0.05, 0.1) is 6.54 Å². The van der Waals surface area contributed by atoms with E-state index in [1.165, 1.54) is 0 Å². The third kappa shape index (κ3) is 4.35. The van der Waals surface area contributed by atoms with Gasteiger partial charge in [0.25, 0.3) is 5.91 Å². The van der Waals surface area contributed by atoms with Crippen molar-refractivity contribution in [1.29, 1.82) is 0 Å². The molecule has 1 amide bonds. The summed E-state index contributed by atoms with van der Waals surface area (Å²) in [5.74, 6) is 1.34. The van der Waals surface area contributed by atoms with E-state index in [0.29, 0.717) is 36.6 Å². The highest BCUT2D eigenvalue weighted by molar-refractivity contribution is 5.91. The molecule has 1 rings (SSSR count). The summed E-state index contributed by atoms with van der Waals surface area (Å²) in [6.07, 6.45) is 2.21. The molecule has 1 aromatic rings. The van der Waals surface area contributed by atoms with Gasteiger partial charge in [0.1, 0.15) is 5.76 Å². The molecule has 20 heavy (non-hydrogen) atoms. The van der Waals surface area contributed by atoms with E-state index in [2.05, 4.69) is 38.2 Å². The average Bonchev–Trinajstić information content (AvgIpc) is 2.91. The van der Waals surface area contributed by atoms with E-state index >= 15 is 0 Å². The van der Waals surface area contributed by atoms with E-state index in [0.717, 1.165) is 12.8 Å². The zero-order valence-electron chi connectivity index (χ0n) is 13.0. The largest absolute Gasteiger partial charge is 0.455 e. The van der Waals surface area contributed by atoms with Crippen LogP contribution in [0.15, 0.2) is 16.5 Å². The first-order valence-corrected chi connectivity index (χ1v) is 7.26. The lowest BCUT2D eigenvalue weighted by Gasteiger charge is -2.31. The first kappa shape index (κ1) is 16.7. The zero-order valence-corrected chi connectivity index (χ0v) is 13.0. The van der Waals surface area contributed by atoms with Crippen LogP contribution in [0.2, 0.25) is 0 Å². The summed E-state index contributed by atoms with van der Waals surface area (Å²) in [6, 6.07) is 3.73. The summed E-state index contributed by atoms with van der Waals surface area (Å²) >= 11 is 0. The first-order chi connectivity index (χ1) is 9.53. The first-order valence-electron chi connectivity index (χ1n) is 7.26. The van der Waals surface area contributed by atoms with Crippen LogP contribution in [0.1, 0.15) is 43.0 Å². The molecule has 1 unspecified atom stereocenters. The summed E-state index contributed by atoms with van der Waals surface area (Å²) in [5.41, 5.74) is 5.47. The lowest BCUT2D eigenvalue weighted by atomic mass is 9.93. The van der Waals surface area contributed by atoms with Crippen LogP contribution in [0, 0.1) is 5.92 Å². The Labute approximate surface area is 121 Å². The molecule has 3 N–H and O–H groups in total. The van der Waals surface area contributed by atoms with Gasteiger partial charge < -0.3 is 20.4 Å². The number of nitrogens with one attached hydrogen (secondary N) is 1. The number of nitrogens with two attached hydrogens (primary N) is 1. The number of carbonyl (C=O) groups is 1. The molecule has 0 aliphatic rings. The number of likely N-dealkylation sites (N-methyl/N-ethyl adjacent to an activating group) is 1. The van der Waals surface area contributed by atoms with Crippen molar-refractivity contribution in [3.63, 3.8) is 0 Å². The summed E-state index contributed by atoms with van der Waals surface area (Å²) < 4.78 is 5.35. The van der Waals surface area contributed by atoms with Gasteiger partial charge in [0.2, 0.25) is 0 Å². The molecule has 5 nitrogen and oxygen atoms in total. The number of hydrogen-bond donors (Lipinski definition) is 2. The average molecular weight is 281 g/mol. The monoisotopic (exact) mass is 281 g/mol. The van der Waals surface area contributed by atoms with Gasteiger partial charge in [-0.3, -0.25) is 4.79 Å². The van der Waals surface area contributed by atoms with Crippen molar-refractivity contribution < 1.29 is 9.21 Å². The minimum atomic E-state index is -0.178. The summed E-state index contributed by atoms with van der Waals surface area (Å²) in [6.45, 7) is 5.30. The third-order valence-electron chi connectivity index (χ3n) is 3.81. The minimum absolute atomic E-state index is 0.178. The molecule has 0 saturated heterocycles. The molecule has 1 heterocycles. The Balaban J connectivity index is 2.60. The Morgan fingerprint density at radius 2 is 2.00 bits per heavy atom. The summed E-state index contributed by atoms with van der Waals surface area (Å²) in [5, 5.41) is 2.95. The van der Waals surface area contributed by atoms with Crippen LogP contribution < -0.4 is 11.1 Å². The molecule has 0 radical (unpaired) electrons. The van der Waals surface area contributed by atoms with Crippen molar-refractivity contribution in [2.75, 3.05) is 20.6 Å². The smallest absolute Gasteiger partial charge is 0.287 e. The van der Waals surface area contributed by atoms with Crippen LogP contribution in [0.5, 0.6) is 0 Å². The van der Waals surface area contributed by atoms with Crippen LogP contribution in [0.25, 0.3) is 0 Å². The van der Waals surface area contributed by atoms with Gasteiger partial charge in [-0.1, -0.05) is 26.7 Å². The van der Waals surface area contributed by atoms with Gasteiger partial charge in [-0.25, -0.2) is 0 Å². The molecule has 5 heteroatoms. The predicted octanol–water partition coefficient (Wildman–Crippen LogP) is 1.83. The van der Waals surface area contributed by atoms with Crippen molar-refractivity contribution >= 4 is 5.91 Å². The van der Waals surface area contributed by atoms with Crippen LogP contribution >= 0.6 is 0 Å². The fourth-order valence-electron chi connectivity index (χ4n) is 2.50. The van der Waals surface area contributed by atoms with E-state index in [9.17, 15) is 4.79 Å². The van der Waals surface area contributed by atoms with E-state index in [1.54, 1.807) is 12.1 Å². The maximum atomic E-state index is 12.0. The van der Waals surface area contributed by atoms with Gasteiger partial charge >= 0.3 is 0 Å². The van der Waals surface area contributed by atoms with Crippen LogP contribution in [0.4, 0.5) is 0 Å². The Hall–Kier alpha value is -1.33.